The molecule has 104 valence electrons. The molecule has 3 aliphatic rings. The highest BCUT2D eigenvalue weighted by molar-refractivity contribution is 5.96. The fourth-order valence-corrected chi connectivity index (χ4v) is 4.33. The Morgan fingerprint density at radius 1 is 1.42 bits per heavy atom. The van der Waals surface area contributed by atoms with Crippen molar-refractivity contribution >= 4 is 11.8 Å². The lowest BCUT2D eigenvalue weighted by molar-refractivity contribution is -0.154. The third kappa shape index (κ3) is 1.55. The standard InChI is InChI=1S/C15H20O4/c1-7-6-10(16)13(17)15(3)5-4-9-8(2)14(18)19-12(9)11(7)15/h6,8-9,11-13,17H,4-5H2,1-3H3/t8-,9-,11+,12-,13-,15+/m0/s1. The van der Waals surface area contributed by atoms with E-state index in [2.05, 4.69) is 0 Å². The minimum absolute atomic E-state index is 0.0344. The molecule has 6 atom stereocenters. The molecule has 0 unspecified atom stereocenters. The van der Waals surface area contributed by atoms with Gasteiger partial charge in [-0.25, -0.2) is 0 Å². The summed E-state index contributed by atoms with van der Waals surface area (Å²) < 4.78 is 5.56. The summed E-state index contributed by atoms with van der Waals surface area (Å²) in [5, 5.41) is 10.3. The molecule has 19 heavy (non-hydrogen) atoms. The molecule has 0 bridgehead atoms. The molecule has 0 amide bonds. The van der Waals surface area contributed by atoms with Crippen LogP contribution in [0.1, 0.15) is 33.6 Å². The number of esters is 1. The van der Waals surface area contributed by atoms with Gasteiger partial charge in [0, 0.05) is 17.3 Å². The van der Waals surface area contributed by atoms with Crippen molar-refractivity contribution in [1.29, 1.82) is 0 Å². The molecule has 2 fully saturated rings. The second-order valence-electron chi connectivity index (χ2n) is 6.57. The quantitative estimate of drug-likeness (QED) is 0.673. The Hall–Kier alpha value is -1.16. The smallest absolute Gasteiger partial charge is 0.309 e. The summed E-state index contributed by atoms with van der Waals surface area (Å²) in [7, 11) is 0. The predicted octanol–water partition coefficient (Wildman–Crippen LogP) is 1.47. The Labute approximate surface area is 112 Å². The van der Waals surface area contributed by atoms with E-state index in [0.717, 1.165) is 18.4 Å². The average molecular weight is 264 g/mol. The third-order valence-corrected chi connectivity index (χ3v) is 5.50. The van der Waals surface area contributed by atoms with Gasteiger partial charge < -0.3 is 9.84 Å². The number of fused-ring (bicyclic) bond motifs is 3. The van der Waals surface area contributed by atoms with Crippen LogP contribution in [0.4, 0.5) is 0 Å². The normalized spacial score (nSPS) is 49.3. The van der Waals surface area contributed by atoms with Crippen LogP contribution in [0, 0.1) is 23.2 Å². The zero-order chi connectivity index (χ0) is 13.9. The van der Waals surface area contributed by atoms with Gasteiger partial charge in [0.25, 0.3) is 0 Å². The van der Waals surface area contributed by atoms with E-state index in [4.69, 9.17) is 4.74 Å². The van der Waals surface area contributed by atoms with E-state index in [0.29, 0.717) is 0 Å². The van der Waals surface area contributed by atoms with Crippen LogP contribution < -0.4 is 0 Å². The monoisotopic (exact) mass is 264 g/mol. The molecule has 0 radical (unpaired) electrons. The molecule has 1 saturated heterocycles. The van der Waals surface area contributed by atoms with Crippen molar-refractivity contribution in [2.24, 2.45) is 23.2 Å². The lowest BCUT2D eigenvalue weighted by Gasteiger charge is -2.50. The number of ether oxygens (including phenoxy) is 1. The fraction of sp³-hybridized carbons (Fsp3) is 0.733. The topological polar surface area (TPSA) is 63.6 Å². The largest absolute Gasteiger partial charge is 0.461 e. The number of aliphatic hydroxyl groups is 1. The van der Waals surface area contributed by atoms with Crippen molar-refractivity contribution in [3.8, 4) is 0 Å². The first-order valence-corrected chi connectivity index (χ1v) is 6.97. The van der Waals surface area contributed by atoms with E-state index in [1.54, 1.807) is 0 Å². The van der Waals surface area contributed by atoms with E-state index >= 15 is 0 Å². The highest BCUT2D eigenvalue weighted by Gasteiger charge is 2.59. The Kier molecular flexibility index (Phi) is 2.65. The fourth-order valence-electron chi connectivity index (χ4n) is 4.33. The van der Waals surface area contributed by atoms with E-state index in [9.17, 15) is 14.7 Å². The van der Waals surface area contributed by atoms with Gasteiger partial charge in [0.15, 0.2) is 5.78 Å². The van der Waals surface area contributed by atoms with Crippen LogP contribution in [-0.4, -0.2) is 29.1 Å². The summed E-state index contributed by atoms with van der Waals surface area (Å²) in [5.74, 6) is -0.246. The minimum Gasteiger partial charge on any atom is -0.461 e. The van der Waals surface area contributed by atoms with Crippen molar-refractivity contribution in [2.75, 3.05) is 0 Å². The van der Waals surface area contributed by atoms with Gasteiger partial charge in [-0.2, -0.15) is 0 Å². The molecule has 0 aromatic heterocycles. The first kappa shape index (κ1) is 12.9. The number of carbonyl (C=O) groups excluding carboxylic acids is 2. The second kappa shape index (κ2) is 3.92. The maximum Gasteiger partial charge on any atom is 0.309 e. The van der Waals surface area contributed by atoms with Gasteiger partial charge in [-0.05, 0) is 25.8 Å². The van der Waals surface area contributed by atoms with Gasteiger partial charge in [-0.3, -0.25) is 9.59 Å². The molecule has 0 aromatic rings. The van der Waals surface area contributed by atoms with Crippen molar-refractivity contribution in [2.45, 2.75) is 45.8 Å². The molecule has 4 heteroatoms. The van der Waals surface area contributed by atoms with Gasteiger partial charge in [-0.1, -0.05) is 19.4 Å². The molecule has 4 nitrogen and oxygen atoms in total. The maximum absolute atomic E-state index is 11.9. The summed E-state index contributed by atoms with van der Waals surface area (Å²) in [6, 6.07) is 0. The van der Waals surface area contributed by atoms with E-state index in [1.165, 1.54) is 6.08 Å². The second-order valence-corrected chi connectivity index (χ2v) is 6.57. The molecule has 0 aromatic carbocycles. The molecule has 2 aliphatic carbocycles. The summed E-state index contributed by atoms with van der Waals surface area (Å²) in [6.45, 7) is 5.77. The number of aliphatic hydroxyl groups excluding tert-OH is 1. The molecule has 1 heterocycles. The summed E-state index contributed by atoms with van der Waals surface area (Å²) in [4.78, 5) is 23.7. The van der Waals surface area contributed by atoms with Crippen molar-refractivity contribution in [1.82, 2.24) is 0 Å². The highest BCUT2D eigenvalue weighted by Crippen LogP contribution is 2.55. The SMILES string of the molecule is CC1=CC(=O)[C@H](O)[C@]2(C)CC[C@@H]3[C@H](OC(=O)[C@H]3C)[C@@H]12. The minimum atomic E-state index is -0.975. The van der Waals surface area contributed by atoms with Gasteiger partial charge >= 0.3 is 5.97 Å². The van der Waals surface area contributed by atoms with Crippen LogP contribution in [0.25, 0.3) is 0 Å². The highest BCUT2D eigenvalue weighted by atomic mass is 16.6. The molecule has 1 N–H and O–H groups in total. The van der Waals surface area contributed by atoms with Crippen molar-refractivity contribution in [3.05, 3.63) is 11.6 Å². The molecule has 0 spiro atoms. The maximum atomic E-state index is 11.9. The average Bonchev–Trinajstić information content (AvgIpc) is 2.62. The number of carbonyl (C=O) groups is 2. The van der Waals surface area contributed by atoms with Crippen LogP contribution >= 0.6 is 0 Å². The number of rotatable bonds is 0. The summed E-state index contributed by atoms with van der Waals surface area (Å²) in [5.41, 5.74) is 0.441. The lowest BCUT2D eigenvalue weighted by atomic mass is 9.55. The predicted molar refractivity (Wildman–Crippen MR) is 68.1 cm³/mol. The summed E-state index contributed by atoms with van der Waals surface area (Å²) >= 11 is 0. The number of ketones is 1. The van der Waals surface area contributed by atoms with Gasteiger partial charge in [-0.15, -0.1) is 0 Å². The van der Waals surface area contributed by atoms with Crippen LogP contribution in [0.15, 0.2) is 11.6 Å². The Balaban J connectivity index is 2.05. The van der Waals surface area contributed by atoms with E-state index in [-0.39, 0.29) is 35.6 Å². The van der Waals surface area contributed by atoms with E-state index < -0.39 is 11.5 Å². The number of hydrogen-bond acceptors (Lipinski definition) is 4. The van der Waals surface area contributed by atoms with Crippen LogP contribution in [0.3, 0.4) is 0 Å². The Bertz CT molecular complexity index is 481. The third-order valence-electron chi connectivity index (χ3n) is 5.50. The zero-order valence-corrected chi connectivity index (χ0v) is 11.6. The lowest BCUT2D eigenvalue weighted by Crippen LogP contribution is -2.55. The van der Waals surface area contributed by atoms with Gasteiger partial charge in [0.2, 0.25) is 0 Å². The summed E-state index contributed by atoms with van der Waals surface area (Å²) in [6.07, 6.45) is 1.97. The Morgan fingerprint density at radius 3 is 2.79 bits per heavy atom. The van der Waals surface area contributed by atoms with Crippen LogP contribution in [0.2, 0.25) is 0 Å². The first-order chi connectivity index (χ1) is 8.86. The van der Waals surface area contributed by atoms with Crippen molar-refractivity contribution in [3.63, 3.8) is 0 Å². The Morgan fingerprint density at radius 2 is 2.11 bits per heavy atom. The molecule has 1 saturated carbocycles. The zero-order valence-electron chi connectivity index (χ0n) is 11.6. The van der Waals surface area contributed by atoms with Crippen LogP contribution in [0.5, 0.6) is 0 Å². The first-order valence-electron chi connectivity index (χ1n) is 6.97. The van der Waals surface area contributed by atoms with Crippen LogP contribution in [-0.2, 0) is 14.3 Å². The molecule has 1 aliphatic heterocycles. The van der Waals surface area contributed by atoms with Gasteiger partial charge in [0.1, 0.15) is 12.2 Å². The van der Waals surface area contributed by atoms with E-state index in [1.807, 2.05) is 20.8 Å². The number of hydrogen-bond donors (Lipinski definition) is 1. The van der Waals surface area contributed by atoms with Crippen molar-refractivity contribution < 1.29 is 19.4 Å². The molecule has 3 rings (SSSR count). The molecular weight excluding hydrogens is 244 g/mol. The van der Waals surface area contributed by atoms with Gasteiger partial charge in [0.05, 0.1) is 5.92 Å². The molecular formula is C15H20O4.